The van der Waals surface area contributed by atoms with E-state index in [-0.39, 0.29) is 117 Å². The Bertz CT molecular complexity index is 3770. The van der Waals surface area contributed by atoms with Gasteiger partial charge in [-0.05, 0) is 242 Å². The summed E-state index contributed by atoms with van der Waals surface area (Å²) in [5, 5.41) is 5.95. The summed E-state index contributed by atoms with van der Waals surface area (Å²) in [4.78, 5) is 97.6. The van der Waals surface area contributed by atoms with Gasteiger partial charge in [-0.25, -0.2) is 4.79 Å². The lowest BCUT2D eigenvalue weighted by molar-refractivity contribution is -0.164. The minimum absolute atomic E-state index is 0.00150. The van der Waals surface area contributed by atoms with Crippen molar-refractivity contribution in [2.45, 2.75) is 264 Å². The first-order valence-electron chi connectivity index (χ1n) is 50.7. The molecule has 2 heterocycles. The fourth-order valence-corrected chi connectivity index (χ4v) is 21.2. The van der Waals surface area contributed by atoms with Crippen molar-refractivity contribution < 1.29 is 121 Å². The molecule has 2 aliphatic heterocycles. The van der Waals surface area contributed by atoms with Crippen molar-refractivity contribution in [1.29, 1.82) is 0 Å². The molecule has 8 rings (SSSR count). The number of fused-ring (bicyclic) bond motifs is 5. The summed E-state index contributed by atoms with van der Waals surface area (Å²) < 4.78 is 157. The number of urea groups is 1. The predicted molar refractivity (Wildman–Crippen MR) is 508 cm³/mol. The van der Waals surface area contributed by atoms with Gasteiger partial charge in [-0.15, -0.1) is 0 Å². The van der Waals surface area contributed by atoms with Crippen LogP contribution in [-0.4, -0.2) is 279 Å². The lowest BCUT2D eigenvalue weighted by Gasteiger charge is -2.61. The van der Waals surface area contributed by atoms with Crippen LogP contribution >= 0.6 is 23.2 Å². The molecule has 4 N–H and O–H groups in total. The number of carbonyl (C=O) groups is 7. The van der Waals surface area contributed by atoms with Crippen LogP contribution in [0.2, 0.25) is 10.0 Å². The topological polar surface area (TPSA) is 303 Å². The maximum Gasteiger partial charge on any atom is 0.416 e. The molecule has 0 unspecified atom stereocenters. The Balaban J connectivity index is 0.485. The third-order valence-electron chi connectivity index (χ3n) is 28.3. The molecule has 35 heteroatoms. The van der Waals surface area contributed by atoms with Crippen molar-refractivity contribution in [3.8, 4) is 0 Å². The number of rotatable bonds is 68. The van der Waals surface area contributed by atoms with Gasteiger partial charge in [-0.1, -0.05) is 83.1 Å². The number of nitrogens with zero attached hydrogens (tertiary/aromatic N) is 4. The Morgan fingerprint density at radius 1 is 0.500 bits per heavy atom. The summed E-state index contributed by atoms with van der Waals surface area (Å²) in [5.41, 5.74) is 3.27. The molecular formula is C101H161Cl2F6N7O20. The molecule has 7 amide bonds. The molecule has 4 saturated carbocycles. The summed E-state index contributed by atoms with van der Waals surface area (Å²) in [7, 11) is 1.09. The maximum atomic E-state index is 14.1. The predicted octanol–water partition coefficient (Wildman–Crippen LogP) is 17.1. The van der Waals surface area contributed by atoms with Crippen LogP contribution in [0.4, 0.5) is 36.8 Å². The fourth-order valence-electron chi connectivity index (χ4n) is 20.9. The number of benzene rings is 2. The van der Waals surface area contributed by atoms with Gasteiger partial charge in [-0.3, -0.25) is 33.7 Å². The first-order chi connectivity index (χ1) is 65.4. The Labute approximate surface area is 814 Å². The maximum absolute atomic E-state index is 14.1. The number of nitrogens with one attached hydrogen (secondary N) is 2. The van der Waals surface area contributed by atoms with Crippen molar-refractivity contribution in [3.63, 3.8) is 0 Å². The molecule has 27 nitrogen and oxygen atoms in total. The summed E-state index contributed by atoms with van der Waals surface area (Å²) in [6.45, 7) is 27.3. The highest BCUT2D eigenvalue weighted by Crippen LogP contribution is 2.69. The molecule has 2 aromatic rings. The molecule has 4 aliphatic carbocycles. The Morgan fingerprint density at radius 3 is 1.44 bits per heavy atom. The van der Waals surface area contributed by atoms with E-state index >= 15 is 0 Å². The molecule has 11 atom stereocenters. The fraction of sp³-hybridized carbons (Fsp3) is 0.812. The van der Waals surface area contributed by atoms with Gasteiger partial charge in [-0.2, -0.15) is 26.3 Å². The van der Waals surface area contributed by atoms with Crippen LogP contribution in [0.3, 0.4) is 0 Å². The number of hydrogen-bond donors (Lipinski definition) is 3. The standard InChI is InChI=1S/C101H161Cl2F6N7O20/c1-74(2)20-7-21-75(3)85-25-26-86-84-24-23-78-71-83(30-35-98(78,4)87(84)31-36-99(85,86)5)136-94(120)72-90(95(110)121)112-92(118)34-65-135-64-19-63-134-62-18-61-133-60-17-59-132-58-16-57-131-56-15-55-130-54-14-53-129-52-13-51-128-50-12-49-127-48-11-47-126-46-10-45-125-44-9-43-124-42-8-37-111-91(117)28-29-93(119)114-38-32-77(33-39-114)96(122)115-40-41-116(82(73-115)66-76-22-27-88(102)89(103)67-76)97(123)113(6)81-69-79(100(104,105)106)68-80(70-81)101(107,108)109/h22,27,67-70,74-75,77-78,82-87,90H,7-21,23-26,28-66,71-73H2,1-6H3,(H2,110,121)(H,111,117)(H,112,118)/t75-,78+,82-,83+,84+,85-,86+,87+,90+,98+,99-/m1/s1. The highest BCUT2D eigenvalue weighted by molar-refractivity contribution is 6.42. The van der Waals surface area contributed by atoms with E-state index in [0.717, 1.165) is 131 Å². The Morgan fingerprint density at radius 2 is 0.971 bits per heavy atom. The molecule has 0 aromatic heterocycles. The third-order valence-corrected chi connectivity index (χ3v) is 29.0. The van der Waals surface area contributed by atoms with E-state index < -0.39 is 71.0 Å². The second-order valence-corrected chi connectivity index (χ2v) is 39.7. The summed E-state index contributed by atoms with van der Waals surface area (Å²) in [6.07, 6.45) is 14.2. The number of ether oxygens (including phenoxy) is 13. The normalized spacial score (nSPS) is 21.9. The summed E-state index contributed by atoms with van der Waals surface area (Å²) >= 11 is 12.4. The van der Waals surface area contributed by atoms with Gasteiger partial charge in [0.25, 0.3) is 0 Å². The van der Waals surface area contributed by atoms with Crippen molar-refractivity contribution in [3.05, 3.63) is 63.1 Å². The molecule has 136 heavy (non-hydrogen) atoms. The zero-order valence-electron chi connectivity index (χ0n) is 82.0. The van der Waals surface area contributed by atoms with Gasteiger partial charge >= 0.3 is 24.4 Å². The van der Waals surface area contributed by atoms with Crippen LogP contribution in [0.15, 0.2) is 36.4 Å². The minimum Gasteiger partial charge on any atom is -0.462 e. The zero-order chi connectivity index (χ0) is 98.1. The van der Waals surface area contributed by atoms with E-state index in [4.69, 9.17) is 90.5 Å². The van der Waals surface area contributed by atoms with Gasteiger partial charge in [0.05, 0.1) is 40.2 Å². The number of anilines is 1. The van der Waals surface area contributed by atoms with Crippen molar-refractivity contribution in [2.24, 2.45) is 63.9 Å². The van der Waals surface area contributed by atoms with Crippen LogP contribution < -0.4 is 21.3 Å². The van der Waals surface area contributed by atoms with Crippen LogP contribution in [0.25, 0.3) is 0 Å². The van der Waals surface area contributed by atoms with Gasteiger partial charge in [0.2, 0.25) is 29.5 Å². The number of piperazine rings is 1. The number of esters is 1. The molecule has 6 fully saturated rings. The van der Waals surface area contributed by atoms with Crippen molar-refractivity contribution in [2.75, 3.05) is 210 Å². The Hall–Kier alpha value is -5.79. The van der Waals surface area contributed by atoms with E-state index in [1.54, 1.807) is 28.0 Å². The smallest absolute Gasteiger partial charge is 0.416 e. The largest absolute Gasteiger partial charge is 0.462 e. The lowest BCUT2D eigenvalue weighted by Crippen LogP contribution is -2.60. The van der Waals surface area contributed by atoms with Crippen LogP contribution in [0.5, 0.6) is 0 Å². The van der Waals surface area contributed by atoms with Gasteiger partial charge in [0.1, 0.15) is 12.1 Å². The van der Waals surface area contributed by atoms with E-state index in [0.29, 0.717) is 213 Å². The quantitative estimate of drug-likeness (QED) is 0.0315. The summed E-state index contributed by atoms with van der Waals surface area (Å²) in [5.74, 6) is 2.51. The second-order valence-electron chi connectivity index (χ2n) is 38.8. The number of likely N-dealkylation sites (tertiary alicyclic amines) is 1. The second kappa shape index (κ2) is 62.6. The molecule has 776 valence electrons. The zero-order valence-corrected chi connectivity index (χ0v) is 83.5. The van der Waals surface area contributed by atoms with Crippen molar-refractivity contribution >= 4 is 70.4 Å². The number of carbonyl (C=O) groups excluding carboxylic acids is 7. The minimum atomic E-state index is -5.13. The third kappa shape index (κ3) is 40.9. The monoisotopic (exact) mass is 1980 g/mol. The average molecular weight is 1980 g/mol. The average Bonchev–Trinajstić information content (AvgIpc) is 1.46. The number of hydrogen-bond acceptors (Lipinski definition) is 20. The van der Waals surface area contributed by atoms with E-state index in [1.807, 2.05) is 0 Å². The molecular weight excluding hydrogens is 1820 g/mol. The van der Waals surface area contributed by atoms with Crippen LogP contribution in [-0.2, 0) is 109 Å². The lowest BCUT2D eigenvalue weighted by atomic mass is 9.44. The van der Waals surface area contributed by atoms with Crippen LogP contribution in [0, 0.1) is 58.2 Å². The number of primary amides is 1. The highest BCUT2D eigenvalue weighted by Gasteiger charge is 2.61. The van der Waals surface area contributed by atoms with Gasteiger partial charge in [0, 0.05) is 229 Å². The molecule has 2 aromatic carbocycles. The van der Waals surface area contributed by atoms with Crippen molar-refractivity contribution in [1.82, 2.24) is 25.3 Å². The van der Waals surface area contributed by atoms with Crippen LogP contribution in [0.1, 0.15) is 244 Å². The number of nitrogens with two attached hydrogens (primary N) is 1. The molecule has 0 radical (unpaired) electrons. The molecule has 0 spiro atoms. The number of alkyl halides is 6. The highest BCUT2D eigenvalue weighted by atomic mass is 35.5. The van der Waals surface area contributed by atoms with Gasteiger partial charge < -0.3 is 92.6 Å². The number of amides is 7. The van der Waals surface area contributed by atoms with E-state index in [2.05, 4.69) is 45.3 Å². The molecule has 0 bridgehead atoms. The number of halogens is 8. The van der Waals surface area contributed by atoms with Gasteiger partial charge in [0.15, 0.2) is 0 Å². The first kappa shape index (κ1) is 115. The Kier molecular flexibility index (Phi) is 53.1. The molecule has 2 saturated heterocycles. The van der Waals surface area contributed by atoms with E-state index in [9.17, 15) is 59.9 Å². The molecule has 6 aliphatic rings. The summed E-state index contributed by atoms with van der Waals surface area (Å²) in [6, 6.07) is 2.98. The first-order valence-corrected chi connectivity index (χ1v) is 51.4. The SMILES string of the molecule is CC(C)CCC[C@@H](C)[C@H]1CC[C@H]2[C@@H]3CC[C@H]4C[C@@H](OC(=O)C[C@H](NC(=O)CCOCCCOCCCOCCCOCCCOCCCOCCCOCCCOCCCOCCCOCCCOCCCOCCCNC(=O)CCC(=O)N5CCC(C(=O)N6CCN(C(=O)N(C)c7cc(C(F)(F)F)cc(C(F)(F)F)c7)[C@H](Cc7ccc(Cl)c(Cl)c7)C6)CC5)C(N)=O)CC[C@]4(C)[C@H]3CC[C@]12C. The van der Waals surface area contributed by atoms with E-state index in [1.165, 1.54) is 62.7 Å². The number of piperidine rings is 1.